The first-order valence-electron chi connectivity index (χ1n) is 8.14. The largest absolute Gasteiger partial charge is 0.486 e. The van der Waals surface area contributed by atoms with Gasteiger partial charge in [-0.2, -0.15) is 0 Å². The van der Waals surface area contributed by atoms with Gasteiger partial charge in [0.25, 0.3) is 0 Å². The summed E-state index contributed by atoms with van der Waals surface area (Å²) in [6.45, 7) is 8.80. The number of hydrogen-bond donors (Lipinski definition) is 0. The molecule has 0 aliphatic heterocycles. The number of benzene rings is 1. The van der Waals surface area contributed by atoms with Gasteiger partial charge in [-0.3, -0.25) is 4.79 Å². The van der Waals surface area contributed by atoms with Crippen LogP contribution in [0, 0.1) is 12.8 Å². The zero-order valence-corrected chi connectivity index (χ0v) is 13.9. The average molecular weight is 288 g/mol. The Morgan fingerprint density at radius 2 is 1.86 bits per heavy atom. The number of hydrogen-bond acceptors (Lipinski definition) is 2. The fourth-order valence-corrected chi connectivity index (χ4v) is 3.06. The first-order chi connectivity index (χ1) is 9.88. The maximum atomic E-state index is 12.3. The van der Waals surface area contributed by atoms with E-state index in [9.17, 15) is 4.79 Å². The highest BCUT2D eigenvalue weighted by Gasteiger charge is 2.23. The molecule has 2 nitrogen and oxygen atoms in total. The molecule has 1 aromatic carbocycles. The van der Waals surface area contributed by atoms with E-state index in [1.807, 2.05) is 0 Å². The molecular formula is C19H28O2. The average Bonchev–Trinajstić information content (AvgIpc) is 2.44. The lowest BCUT2D eigenvalue weighted by Gasteiger charge is -2.24. The summed E-state index contributed by atoms with van der Waals surface area (Å²) in [6.07, 6.45) is 5.74. The summed E-state index contributed by atoms with van der Waals surface area (Å²) in [6, 6.07) is 6.28. The highest BCUT2D eigenvalue weighted by molar-refractivity contribution is 5.82. The van der Waals surface area contributed by atoms with Crippen LogP contribution in [0.2, 0.25) is 0 Å². The predicted octanol–water partition coefficient (Wildman–Crippen LogP) is 4.82. The van der Waals surface area contributed by atoms with Crippen molar-refractivity contribution in [3.8, 4) is 5.75 Å². The molecule has 1 fully saturated rings. The third kappa shape index (κ3) is 4.33. The van der Waals surface area contributed by atoms with E-state index in [0.717, 1.165) is 18.6 Å². The molecule has 0 heterocycles. The predicted molar refractivity (Wildman–Crippen MR) is 87.0 cm³/mol. The third-order valence-corrected chi connectivity index (χ3v) is 4.38. The van der Waals surface area contributed by atoms with Crippen molar-refractivity contribution < 1.29 is 9.53 Å². The van der Waals surface area contributed by atoms with Crippen LogP contribution in [0.4, 0.5) is 0 Å². The lowest BCUT2D eigenvalue weighted by atomic mass is 9.85. The first kappa shape index (κ1) is 16.1. The number of carbonyl (C=O) groups excluding carboxylic acids is 1. The molecular weight excluding hydrogens is 260 g/mol. The van der Waals surface area contributed by atoms with Crippen LogP contribution in [0.1, 0.15) is 64.0 Å². The summed E-state index contributed by atoms with van der Waals surface area (Å²) in [5.74, 6) is 1.37. The van der Waals surface area contributed by atoms with Crippen LogP contribution in [0.5, 0.6) is 5.75 Å². The van der Waals surface area contributed by atoms with Crippen molar-refractivity contribution in [2.24, 2.45) is 5.92 Å². The van der Waals surface area contributed by atoms with Crippen molar-refractivity contribution in [2.75, 3.05) is 6.61 Å². The fraction of sp³-hybridized carbons (Fsp3) is 0.632. The smallest absolute Gasteiger partial charge is 0.173 e. The van der Waals surface area contributed by atoms with E-state index in [2.05, 4.69) is 45.9 Å². The molecule has 1 saturated carbocycles. The van der Waals surface area contributed by atoms with Gasteiger partial charge in [-0.1, -0.05) is 52.2 Å². The van der Waals surface area contributed by atoms with Gasteiger partial charge in [0.05, 0.1) is 0 Å². The van der Waals surface area contributed by atoms with E-state index in [0.29, 0.717) is 0 Å². The quantitative estimate of drug-likeness (QED) is 0.794. The maximum absolute atomic E-state index is 12.3. The molecule has 2 rings (SSSR count). The zero-order valence-electron chi connectivity index (χ0n) is 13.9. The van der Waals surface area contributed by atoms with Gasteiger partial charge in [0, 0.05) is 5.92 Å². The monoisotopic (exact) mass is 288 g/mol. The Morgan fingerprint density at radius 1 is 1.19 bits per heavy atom. The van der Waals surface area contributed by atoms with Gasteiger partial charge in [-0.05, 0) is 42.4 Å². The van der Waals surface area contributed by atoms with Gasteiger partial charge in [-0.15, -0.1) is 0 Å². The molecule has 0 spiro atoms. The van der Waals surface area contributed by atoms with Gasteiger partial charge in [0.1, 0.15) is 12.4 Å². The Balaban J connectivity index is 2.05. The first-order valence-corrected chi connectivity index (χ1v) is 8.14. The minimum atomic E-state index is 0.0247. The molecule has 21 heavy (non-hydrogen) atoms. The minimum absolute atomic E-state index is 0.0247. The molecule has 0 N–H and O–H groups in total. The number of carbonyl (C=O) groups is 1. The van der Waals surface area contributed by atoms with Crippen LogP contribution >= 0.6 is 0 Å². The molecule has 0 amide bonds. The summed E-state index contributed by atoms with van der Waals surface area (Å²) in [5, 5.41) is 0. The summed E-state index contributed by atoms with van der Waals surface area (Å²) in [4.78, 5) is 12.3. The van der Waals surface area contributed by atoms with E-state index in [4.69, 9.17) is 4.74 Å². The molecule has 116 valence electrons. The van der Waals surface area contributed by atoms with Crippen molar-refractivity contribution in [3.63, 3.8) is 0 Å². The van der Waals surface area contributed by atoms with Crippen molar-refractivity contribution in [1.82, 2.24) is 0 Å². The van der Waals surface area contributed by atoms with Crippen LogP contribution < -0.4 is 4.74 Å². The van der Waals surface area contributed by atoms with Crippen molar-refractivity contribution in [2.45, 2.75) is 65.2 Å². The van der Waals surface area contributed by atoms with E-state index >= 15 is 0 Å². The van der Waals surface area contributed by atoms with Gasteiger partial charge in [-0.25, -0.2) is 0 Å². The van der Waals surface area contributed by atoms with Gasteiger partial charge < -0.3 is 4.74 Å². The highest BCUT2D eigenvalue weighted by Crippen LogP contribution is 2.32. The fourth-order valence-electron chi connectivity index (χ4n) is 3.06. The number of aryl methyl sites for hydroxylation is 1. The van der Waals surface area contributed by atoms with E-state index < -0.39 is 0 Å². The summed E-state index contributed by atoms with van der Waals surface area (Å²) in [5.41, 5.74) is 2.37. The van der Waals surface area contributed by atoms with Crippen LogP contribution in [-0.2, 0) is 10.2 Å². The number of Topliss-reactive ketones (excluding diaryl/α,β-unsaturated/α-hetero) is 1. The van der Waals surface area contributed by atoms with Crippen LogP contribution in [0.15, 0.2) is 18.2 Å². The molecule has 0 radical (unpaired) electrons. The zero-order chi connectivity index (χ0) is 15.5. The van der Waals surface area contributed by atoms with Crippen molar-refractivity contribution >= 4 is 5.78 Å². The molecule has 0 saturated heterocycles. The second kappa shape index (κ2) is 6.64. The van der Waals surface area contributed by atoms with E-state index in [1.165, 1.54) is 30.4 Å². The molecule has 1 aromatic rings. The molecule has 2 heteroatoms. The summed E-state index contributed by atoms with van der Waals surface area (Å²) >= 11 is 0. The Bertz CT molecular complexity index is 491. The number of rotatable bonds is 4. The minimum Gasteiger partial charge on any atom is -0.486 e. The topological polar surface area (TPSA) is 26.3 Å². The van der Waals surface area contributed by atoms with Crippen LogP contribution in [0.25, 0.3) is 0 Å². The van der Waals surface area contributed by atoms with E-state index in [1.54, 1.807) is 0 Å². The SMILES string of the molecule is Cc1ccc(C(C)(C)C)c(OCC(=O)C2CCCCC2)c1. The Labute approximate surface area is 128 Å². The van der Waals surface area contributed by atoms with Gasteiger partial charge in [0.15, 0.2) is 5.78 Å². The Hall–Kier alpha value is -1.31. The number of ketones is 1. The Morgan fingerprint density at radius 3 is 2.48 bits per heavy atom. The summed E-state index contributed by atoms with van der Waals surface area (Å²) < 4.78 is 5.91. The molecule has 0 unspecified atom stereocenters. The summed E-state index contributed by atoms with van der Waals surface area (Å²) in [7, 11) is 0. The normalized spacial score (nSPS) is 16.8. The Kier molecular flexibility index (Phi) is 5.08. The molecule has 1 aliphatic carbocycles. The second-order valence-electron chi connectivity index (χ2n) is 7.34. The van der Waals surface area contributed by atoms with Crippen LogP contribution in [-0.4, -0.2) is 12.4 Å². The second-order valence-corrected chi connectivity index (χ2v) is 7.34. The van der Waals surface area contributed by atoms with Crippen molar-refractivity contribution in [3.05, 3.63) is 29.3 Å². The maximum Gasteiger partial charge on any atom is 0.173 e. The third-order valence-electron chi connectivity index (χ3n) is 4.38. The lowest BCUT2D eigenvalue weighted by molar-refractivity contribution is -0.125. The van der Waals surface area contributed by atoms with Gasteiger partial charge >= 0.3 is 0 Å². The van der Waals surface area contributed by atoms with Gasteiger partial charge in [0.2, 0.25) is 0 Å². The molecule has 0 atom stereocenters. The van der Waals surface area contributed by atoms with E-state index in [-0.39, 0.29) is 23.7 Å². The molecule has 1 aliphatic rings. The standard InChI is InChI=1S/C19H28O2/c1-14-10-11-16(19(2,3)4)18(12-14)21-13-17(20)15-8-6-5-7-9-15/h10-12,15H,5-9,13H2,1-4H3. The molecule has 0 aromatic heterocycles. The van der Waals surface area contributed by atoms with Crippen molar-refractivity contribution in [1.29, 1.82) is 0 Å². The number of ether oxygens (including phenoxy) is 1. The highest BCUT2D eigenvalue weighted by atomic mass is 16.5. The molecule has 0 bridgehead atoms. The lowest BCUT2D eigenvalue weighted by Crippen LogP contribution is -2.24. The van der Waals surface area contributed by atoms with Crippen LogP contribution in [0.3, 0.4) is 0 Å².